The maximum Gasteiger partial charge on any atom is 0.513 e. The molecule has 108 valence electrons. The SMILES string of the molecule is COC(=O)Oc1c(C)nc2c(c1O)c1ccccc1n2C. The van der Waals surface area contributed by atoms with Crippen LogP contribution < -0.4 is 4.74 Å². The fourth-order valence-corrected chi connectivity index (χ4v) is 2.49. The third kappa shape index (κ3) is 1.87. The summed E-state index contributed by atoms with van der Waals surface area (Å²) < 4.78 is 11.4. The summed E-state index contributed by atoms with van der Waals surface area (Å²) in [6.45, 7) is 1.66. The quantitative estimate of drug-likeness (QED) is 0.696. The third-order valence-electron chi connectivity index (χ3n) is 3.48. The predicted molar refractivity (Wildman–Crippen MR) is 77.7 cm³/mol. The zero-order chi connectivity index (χ0) is 15.1. The molecule has 6 heteroatoms. The minimum atomic E-state index is -0.894. The maximum atomic E-state index is 11.3. The van der Waals surface area contributed by atoms with Crippen LogP contribution in [0.2, 0.25) is 0 Å². The van der Waals surface area contributed by atoms with Gasteiger partial charge in [0, 0.05) is 12.4 Å². The lowest BCUT2D eigenvalue weighted by atomic mass is 10.1. The Hall–Kier alpha value is -2.76. The third-order valence-corrected chi connectivity index (χ3v) is 3.48. The summed E-state index contributed by atoms with van der Waals surface area (Å²) in [7, 11) is 3.08. The van der Waals surface area contributed by atoms with E-state index in [-0.39, 0.29) is 11.5 Å². The molecular formula is C15H14N2O4. The molecule has 0 amide bonds. The van der Waals surface area contributed by atoms with E-state index in [1.807, 2.05) is 35.9 Å². The monoisotopic (exact) mass is 286 g/mol. The van der Waals surface area contributed by atoms with Crippen molar-refractivity contribution in [2.45, 2.75) is 6.92 Å². The van der Waals surface area contributed by atoms with Crippen LogP contribution in [0, 0.1) is 6.92 Å². The molecule has 2 heterocycles. The van der Waals surface area contributed by atoms with Gasteiger partial charge in [0.1, 0.15) is 5.65 Å². The van der Waals surface area contributed by atoms with E-state index in [0.29, 0.717) is 16.7 Å². The molecule has 0 aliphatic carbocycles. The molecule has 0 aliphatic heterocycles. The predicted octanol–water partition coefficient (Wildman–Crippen LogP) is 2.89. The first-order valence-corrected chi connectivity index (χ1v) is 6.37. The van der Waals surface area contributed by atoms with Crippen LogP contribution in [0.4, 0.5) is 4.79 Å². The van der Waals surface area contributed by atoms with Crippen LogP contribution in [-0.4, -0.2) is 27.9 Å². The van der Waals surface area contributed by atoms with Gasteiger partial charge in [0.25, 0.3) is 0 Å². The second-order valence-corrected chi connectivity index (χ2v) is 4.71. The van der Waals surface area contributed by atoms with Gasteiger partial charge in [0.05, 0.1) is 23.7 Å². The Morgan fingerprint density at radius 1 is 1.33 bits per heavy atom. The van der Waals surface area contributed by atoms with Gasteiger partial charge in [-0.15, -0.1) is 0 Å². The molecule has 0 saturated heterocycles. The van der Waals surface area contributed by atoms with E-state index in [4.69, 9.17) is 4.74 Å². The van der Waals surface area contributed by atoms with Crippen molar-refractivity contribution in [2.24, 2.45) is 7.05 Å². The normalized spacial score (nSPS) is 11.0. The Bertz CT molecular complexity index is 867. The molecule has 2 aromatic heterocycles. The fourth-order valence-electron chi connectivity index (χ4n) is 2.49. The van der Waals surface area contributed by atoms with Crippen LogP contribution in [0.5, 0.6) is 11.5 Å². The number of hydrogen-bond acceptors (Lipinski definition) is 5. The molecule has 3 aromatic rings. The van der Waals surface area contributed by atoms with Gasteiger partial charge in [-0.3, -0.25) is 0 Å². The van der Waals surface area contributed by atoms with Crippen molar-refractivity contribution >= 4 is 28.1 Å². The summed E-state index contributed by atoms with van der Waals surface area (Å²) >= 11 is 0. The molecule has 0 fully saturated rings. The molecule has 0 spiro atoms. The van der Waals surface area contributed by atoms with Crippen LogP contribution in [0.3, 0.4) is 0 Å². The number of hydrogen-bond donors (Lipinski definition) is 1. The number of rotatable bonds is 1. The Morgan fingerprint density at radius 2 is 2.05 bits per heavy atom. The molecule has 0 radical (unpaired) electrons. The number of nitrogens with zero attached hydrogens (tertiary/aromatic N) is 2. The van der Waals surface area contributed by atoms with Crippen LogP contribution >= 0.6 is 0 Å². The summed E-state index contributed by atoms with van der Waals surface area (Å²) in [6.07, 6.45) is -0.894. The Kier molecular flexibility index (Phi) is 2.94. The van der Waals surface area contributed by atoms with E-state index in [0.717, 1.165) is 10.9 Å². The van der Waals surface area contributed by atoms with Crippen molar-refractivity contribution in [3.8, 4) is 11.5 Å². The number of fused-ring (bicyclic) bond motifs is 3. The smallest absolute Gasteiger partial charge is 0.504 e. The van der Waals surface area contributed by atoms with Crippen LogP contribution in [0.25, 0.3) is 21.9 Å². The topological polar surface area (TPSA) is 73.6 Å². The molecule has 1 N–H and O–H groups in total. The standard InChI is InChI=1S/C15H14N2O4/c1-8-13(21-15(19)20-3)12(18)11-9-6-4-5-7-10(9)17(2)14(11)16-8/h4-7H,1-3H3,(H,16,18). The van der Waals surface area contributed by atoms with Gasteiger partial charge in [-0.1, -0.05) is 18.2 Å². The fraction of sp³-hybridized carbons (Fsp3) is 0.200. The van der Waals surface area contributed by atoms with Crippen molar-refractivity contribution < 1.29 is 19.4 Å². The van der Waals surface area contributed by atoms with E-state index >= 15 is 0 Å². The van der Waals surface area contributed by atoms with Gasteiger partial charge in [-0.25, -0.2) is 9.78 Å². The lowest BCUT2D eigenvalue weighted by Crippen LogP contribution is -2.09. The van der Waals surface area contributed by atoms with Gasteiger partial charge < -0.3 is 19.1 Å². The number of benzene rings is 1. The second-order valence-electron chi connectivity index (χ2n) is 4.71. The Balaban J connectivity index is 2.38. The van der Waals surface area contributed by atoms with Crippen molar-refractivity contribution in [1.82, 2.24) is 9.55 Å². The minimum Gasteiger partial charge on any atom is -0.504 e. The van der Waals surface area contributed by atoms with Gasteiger partial charge in [0.15, 0.2) is 11.5 Å². The molecule has 3 rings (SSSR count). The zero-order valence-corrected chi connectivity index (χ0v) is 11.9. The zero-order valence-electron chi connectivity index (χ0n) is 11.9. The number of aromatic hydroxyl groups is 1. The highest BCUT2D eigenvalue weighted by atomic mass is 16.7. The lowest BCUT2D eigenvalue weighted by molar-refractivity contribution is 0.119. The Morgan fingerprint density at radius 3 is 2.76 bits per heavy atom. The largest absolute Gasteiger partial charge is 0.513 e. The first-order chi connectivity index (χ1) is 10.0. The highest BCUT2D eigenvalue weighted by molar-refractivity contribution is 6.10. The van der Waals surface area contributed by atoms with Gasteiger partial charge in [-0.2, -0.15) is 0 Å². The number of methoxy groups -OCH3 is 1. The van der Waals surface area contributed by atoms with Crippen molar-refractivity contribution in [1.29, 1.82) is 0 Å². The van der Waals surface area contributed by atoms with Crippen LogP contribution in [0.15, 0.2) is 24.3 Å². The van der Waals surface area contributed by atoms with Crippen molar-refractivity contribution in [3.63, 3.8) is 0 Å². The molecule has 21 heavy (non-hydrogen) atoms. The van der Waals surface area contributed by atoms with E-state index in [1.54, 1.807) is 6.92 Å². The molecule has 0 bridgehead atoms. The maximum absolute atomic E-state index is 11.3. The highest BCUT2D eigenvalue weighted by Crippen LogP contribution is 2.41. The average Bonchev–Trinajstić information content (AvgIpc) is 2.77. The summed E-state index contributed by atoms with van der Waals surface area (Å²) in [4.78, 5) is 15.7. The van der Waals surface area contributed by atoms with Gasteiger partial charge >= 0.3 is 6.16 Å². The number of aryl methyl sites for hydroxylation is 2. The molecule has 0 aliphatic rings. The van der Waals surface area contributed by atoms with Crippen LogP contribution in [0.1, 0.15) is 5.69 Å². The first-order valence-electron chi connectivity index (χ1n) is 6.37. The average molecular weight is 286 g/mol. The molecular weight excluding hydrogens is 272 g/mol. The molecule has 0 saturated carbocycles. The number of carbonyl (C=O) groups excluding carboxylic acids is 1. The van der Waals surface area contributed by atoms with Crippen molar-refractivity contribution in [3.05, 3.63) is 30.0 Å². The molecule has 0 unspecified atom stereocenters. The number of carbonyl (C=O) groups is 1. The summed E-state index contributed by atoms with van der Waals surface area (Å²) in [6, 6.07) is 7.61. The summed E-state index contributed by atoms with van der Waals surface area (Å²) in [5.41, 5.74) is 1.98. The summed E-state index contributed by atoms with van der Waals surface area (Å²) in [5, 5.41) is 11.9. The van der Waals surface area contributed by atoms with E-state index in [2.05, 4.69) is 9.72 Å². The second kappa shape index (κ2) is 4.66. The van der Waals surface area contributed by atoms with Gasteiger partial charge in [-0.05, 0) is 13.0 Å². The highest BCUT2D eigenvalue weighted by Gasteiger charge is 2.21. The first kappa shape index (κ1) is 13.2. The number of pyridine rings is 1. The number of ether oxygens (including phenoxy) is 2. The van der Waals surface area contributed by atoms with E-state index in [9.17, 15) is 9.90 Å². The van der Waals surface area contributed by atoms with Gasteiger partial charge in [0.2, 0.25) is 0 Å². The van der Waals surface area contributed by atoms with Crippen molar-refractivity contribution in [2.75, 3.05) is 7.11 Å². The molecule has 0 atom stereocenters. The minimum absolute atomic E-state index is 0.0192. The van der Waals surface area contributed by atoms with E-state index in [1.165, 1.54) is 7.11 Å². The van der Waals surface area contributed by atoms with Crippen LogP contribution in [-0.2, 0) is 11.8 Å². The number of aromatic nitrogens is 2. The number of para-hydroxylation sites is 1. The molecule has 1 aromatic carbocycles. The molecule has 6 nitrogen and oxygen atoms in total. The Labute approximate surface area is 120 Å². The lowest BCUT2D eigenvalue weighted by Gasteiger charge is -2.09. The summed E-state index contributed by atoms with van der Waals surface area (Å²) in [5.74, 6) is -0.0922. The van der Waals surface area contributed by atoms with E-state index < -0.39 is 6.16 Å².